The van der Waals surface area contributed by atoms with Crippen molar-refractivity contribution in [3.05, 3.63) is 71.9 Å². The molecule has 2 aromatic carbocycles. The molecule has 4 aromatic rings. The minimum Gasteiger partial charge on any atom is -0.393 e. The molecule has 0 saturated carbocycles. The summed E-state index contributed by atoms with van der Waals surface area (Å²) in [5, 5.41) is 3.76. The minimum atomic E-state index is -0.430. The van der Waals surface area contributed by atoms with E-state index in [-0.39, 0.29) is 17.4 Å². The third-order valence-electron chi connectivity index (χ3n) is 6.72. The number of hydrogen-bond donors (Lipinski definition) is 3. The zero-order valence-corrected chi connectivity index (χ0v) is 20.8. The average Bonchev–Trinajstić information content (AvgIpc) is 2.90. The zero-order chi connectivity index (χ0) is 26.1. The van der Waals surface area contributed by atoms with Crippen molar-refractivity contribution < 1.29 is 9.18 Å². The van der Waals surface area contributed by atoms with Gasteiger partial charge in [-0.3, -0.25) is 4.79 Å². The molecular formula is C27H29FN8O. The predicted octanol–water partition coefficient (Wildman–Crippen LogP) is 3.56. The number of nitrogens with one attached hydrogen (secondary N) is 1. The lowest BCUT2D eigenvalue weighted by molar-refractivity contribution is 0.0666. The first-order chi connectivity index (χ1) is 17.8. The van der Waals surface area contributed by atoms with E-state index in [2.05, 4.69) is 20.2 Å². The maximum Gasteiger partial charge on any atom is 0.255 e. The van der Waals surface area contributed by atoms with Crippen LogP contribution in [0.4, 0.5) is 21.7 Å². The Kier molecular flexibility index (Phi) is 6.58. The molecule has 0 spiro atoms. The Balaban J connectivity index is 1.73. The number of anilines is 3. The number of nitrogens with zero attached hydrogens (tertiary/aromatic N) is 5. The van der Waals surface area contributed by atoms with E-state index in [0.717, 1.165) is 18.7 Å². The molecule has 1 saturated heterocycles. The Morgan fingerprint density at radius 3 is 2.51 bits per heavy atom. The highest BCUT2D eigenvalue weighted by molar-refractivity contribution is 6.12. The molecule has 0 aliphatic carbocycles. The number of likely N-dealkylation sites (N-methyl/N-ethyl adjacent to an activating group) is 1. The number of carbonyl (C=O) groups excluding carboxylic acids is 1. The first-order valence-corrected chi connectivity index (χ1v) is 12.1. The van der Waals surface area contributed by atoms with Gasteiger partial charge in [0, 0.05) is 37.1 Å². The fourth-order valence-corrected chi connectivity index (χ4v) is 4.65. The number of carbonyl (C=O) groups is 1. The summed E-state index contributed by atoms with van der Waals surface area (Å²) in [6, 6.07) is 13.5. The zero-order valence-electron chi connectivity index (χ0n) is 20.8. The van der Waals surface area contributed by atoms with Gasteiger partial charge in [-0.15, -0.1) is 0 Å². The molecule has 37 heavy (non-hydrogen) atoms. The van der Waals surface area contributed by atoms with Crippen molar-refractivity contribution >= 4 is 34.1 Å². The molecule has 1 fully saturated rings. The second-order valence-electron chi connectivity index (χ2n) is 9.26. The van der Waals surface area contributed by atoms with Gasteiger partial charge in [0.05, 0.1) is 22.8 Å². The van der Waals surface area contributed by atoms with Gasteiger partial charge in [0.15, 0.2) is 11.6 Å². The number of pyridine rings is 1. The van der Waals surface area contributed by atoms with E-state index < -0.39 is 11.9 Å². The number of nitrogen functional groups attached to an aromatic ring is 2. The molecule has 0 radical (unpaired) electrons. The summed E-state index contributed by atoms with van der Waals surface area (Å²) < 4.78 is 14.5. The monoisotopic (exact) mass is 500 g/mol. The average molecular weight is 501 g/mol. The van der Waals surface area contributed by atoms with Crippen molar-refractivity contribution in [1.29, 1.82) is 0 Å². The molecule has 3 heterocycles. The molecule has 1 atom stereocenters. The smallest absolute Gasteiger partial charge is 0.255 e. The number of rotatable bonds is 5. The van der Waals surface area contributed by atoms with Crippen LogP contribution < -0.4 is 16.8 Å². The number of piperazine rings is 1. The van der Waals surface area contributed by atoms with E-state index in [1.54, 1.807) is 6.07 Å². The first kappa shape index (κ1) is 24.4. The molecule has 1 unspecified atom stereocenters. The van der Waals surface area contributed by atoms with Gasteiger partial charge in [0.25, 0.3) is 5.91 Å². The van der Waals surface area contributed by atoms with Crippen molar-refractivity contribution in [3.63, 3.8) is 0 Å². The Morgan fingerprint density at radius 1 is 1.05 bits per heavy atom. The van der Waals surface area contributed by atoms with Crippen LogP contribution in [0, 0.1) is 5.82 Å². The Hall–Kier alpha value is -4.31. The van der Waals surface area contributed by atoms with Crippen molar-refractivity contribution in [2.45, 2.75) is 13.0 Å². The number of amides is 1. The van der Waals surface area contributed by atoms with Gasteiger partial charge in [-0.25, -0.2) is 19.3 Å². The second kappa shape index (κ2) is 9.98. The van der Waals surface area contributed by atoms with Crippen LogP contribution in [0.2, 0.25) is 0 Å². The minimum absolute atomic E-state index is 0.149. The van der Waals surface area contributed by atoms with Crippen molar-refractivity contribution in [3.8, 4) is 11.1 Å². The third-order valence-corrected chi connectivity index (χ3v) is 6.72. The number of halogens is 1. The first-order valence-electron chi connectivity index (χ1n) is 12.1. The number of hydrogen-bond acceptors (Lipinski definition) is 8. The van der Waals surface area contributed by atoms with Crippen molar-refractivity contribution in [2.75, 3.05) is 50.0 Å². The SMILES string of the molecule is CC(Nc1ncnc(N)c1N)c1nc2ccc(F)cc2c(C(=O)N2CCN(C)CC2)c1-c1ccccc1. The van der Waals surface area contributed by atoms with Crippen LogP contribution in [0.15, 0.2) is 54.9 Å². The van der Waals surface area contributed by atoms with Crippen LogP contribution in [0.1, 0.15) is 29.0 Å². The quantitative estimate of drug-likeness (QED) is 0.380. The molecule has 190 valence electrons. The van der Waals surface area contributed by atoms with E-state index in [1.165, 1.54) is 18.5 Å². The van der Waals surface area contributed by atoms with E-state index in [4.69, 9.17) is 16.5 Å². The molecular weight excluding hydrogens is 471 g/mol. The van der Waals surface area contributed by atoms with Gasteiger partial charge >= 0.3 is 0 Å². The van der Waals surface area contributed by atoms with Gasteiger partial charge in [0.1, 0.15) is 17.8 Å². The van der Waals surface area contributed by atoms with Crippen LogP contribution in [0.3, 0.4) is 0 Å². The molecule has 5 N–H and O–H groups in total. The van der Waals surface area contributed by atoms with Crippen LogP contribution in [-0.4, -0.2) is 63.9 Å². The Morgan fingerprint density at radius 2 is 1.78 bits per heavy atom. The summed E-state index contributed by atoms with van der Waals surface area (Å²) in [7, 11) is 2.03. The summed E-state index contributed by atoms with van der Waals surface area (Å²) >= 11 is 0. The van der Waals surface area contributed by atoms with Crippen molar-refractivity contribution in [2.24, 2.45) is 0 Å². The standard InChI is InChI=1S/C27H29FN8O/c1-16(33-26-23(29)25(30)31-15-32-26)24-21(17-6-4-3-5-7-17)22(19-14-18(28)8-9-20(19)34-24)27(37)36-12-10-35(2)11-13-36/h3-9,14-16H,10-13,29H2,1-2H3,(H3,30,31,32,33). The van der Waals surface area contributed by atoms with Gasteiger partial charge in [0.2, 0.25) is 0 Å². The fourth-order valence-electron chi connectivity index (χ4n) is 4.65. The normalized spacial score (nSPS) is 15.1. The Labute approximate surface area is 214 Å². The molecule has 10 heteroatoms. The summed E-state index contributed by atoms with van der Waals surface area (Å²) in [6.07, 6.45) is 1.33. The number of fused-ring (bicyclic) bond motifs is 1. The number of nitrogens with two attached hydrogens (primary N) is 2. The van der Waals surface area contributed by atoms with Crippen molar-refractivity contribution in [1.82, 2.24) is 24.8 Å². The van der Waals surface area contributed by atoms with Crippen LogP contribution in [0.5, 0.6) is 0 Å². The molecule has 2 aromatic heterocycles. The number of benzene rings is 2. The topological polar surface area (TPSA) is 126 Å². The van der Waals surface area contributed by atoms with E-state index in [0.29, 0.717) is 46.6 Å². The van der Waals surface area contributed by atoms with Crippen LogP contribution in [0.25, 0.3) is 22.0 Å². The Bertz CT molecular complexity index is 1450. The predicted molar refractivity (Wildman–Crippen MR) is 143 cm³/mol. The highest BCUT2D eigenvalue weighted by atomic mass is 19.1. The molecule has 9 nitrogen and oxygen atoms in total. The van der Waals surface area contributed by atoms with Crippen LogP contribution in [-0.2, 0) is 0 Å². The molecule has 1 aliphatic heterocycles. The molecule has 0 bridgehead atoms. The largest absolute Gasteiger partial charge is 0.393 e. The summed E-state index contributed by atoms with van der Waals surface area (Å²) in [4.78, 5) is 31.2. The van der Waals surface area contributed by atoms with E-state index >= 15 is 0 Å². The van der Waals surface area contributed by atoms with Gasteiger partial charge in [-0.2, -0.15) is 0 Å². The molecule has 1 aliphatic rings. The molecule has 5 rings (SSSR count). The molecule has 1 amide bonds. The van der Waals surface area contributed by atoms with E-state index in [1.807, 2.05) is 49.2 Å². The second-order valence-corrected chi connectivity index (χ2v) is 9.26. The van der Waals surface area contributed by atoms with Gasteiger partial charge in [-0.05, 0) is 37.7 Å². The lowest BCUT2D eigenvalue weighted by atomic mass is 9.91. The highest BCUT2D eigenvalue weighted by Crippen LogP contribution is 2.37. The maximum absolute atomic E-state index is 14.5. The summed E-state index contributed by atoms with van der Waals surface area (Å²) in [5.74, 6) is -0.0408. The number of aromatic nitrogens is 3. The third kappa shape index (κ3) is 4.75. The van der Waals surface area contributed by atoms with Gasteiger partial charge < -0.3 is 26.6 Å². The van der Waals surface area contributed by atoms with Gasteiger partial charge in [-0.1, -0.05) is 30.3 Å². The van der Waals surface area contributed by atoms with E-state index in [9.17, 15) is 9.18 Å². The lowest BCUT2D eigenvalue weighted by Gasteiger charge is -2.33. The van der Waals surface area contributed by atoms with Crippen LogP contribution >= 0.6 is 0 Å². The lowest BCUT2D eigenvalue weighted by Crippen LogP contribution is -2.47. The summed E-state index contributed by atoms with van der Waals surface area (Å²) in [6.45, 7) is 4.61. The fraction of sp³-hybridized carbons (Fsp3) is 0.259. The summed E-state index contributed by atoms with van der Waals surface area (Å²) in [5.41, 5.74) is 15.2. The highest BCUT2D eigenvalue weighted by Gasteiger charge is 2.29. The maximum atomic E-state index is 14.5.